The van der Waals surface area contributed by atoms with Crippen LogP contribution in [0.15, 0.2) is 30.3 Å². The van der Waals surface area contributed by atoms with Gasteiger partial charge in [-0.2, -0.15) is 0 Å². The van der Waals surface area contributed by atoms with E-state index in [0.29, 0.717) is 16.7 Å². The average molecular weight is 290 g/mol. The number of benzene rings is 1. The molecule has 1 aromatic heterocycles. The van der Waals surface area contributed by atoms with Crippen LogP contribution in [0.25, 0.3) is 0 Å². The normalized spacial score (nSPS) is 13.9. The van der Waals surface area contributed by atoms with Crippen molar-refractivity contribution in [1.82, 2.24) is 9.97 Å². The molecule has 0 saturated carbocycles. The Morgan fingerprint density at radius 2 is 2.15 bits per heavy atom. The molecule has 1 aromatic carbocycles. The van der Waals surface area contributed by atoms with Crippen molar-refractivity contribution in [2.45, 2.75) is 13.5 Å². The molecule has 0 atom stereocenters. The minimum Gasteiger partial charge on any atom is -0.482 e. The van der Waals surface area contributed by atoms with Crippen LogP contribution in [0.1, 0.15) is 11.5 Å². The van der Waals surface area contributed by atoms with E-state index in [0.717, 1.165) is 11.4 Å². The van der Waals surface area contributed by atoms with Crippen LogP contribution in [0, 0.1) is 6.92 Å². The molecule has 0 fully saturated rings. The molecule has 1 aliphatic rings. The number of carbonyl (C=O) groups is 1. The molecule has 0 radical (unpaired) electrons. The number of hydrogen-bond donors (Lipinski definition) is 0. The lowest BCUT2D eigenvalue weighted by atomic mass is 10.2. The predicted molar refractivity (Wildman–Crippen MR) is 74.9 cm³/mol. The molecule has 2 heterocycles. The summed E-state index contributed by atoms with van der Waals surface area (Å²) in [6, 6.07) is 9.08. The van der Waals surface area contributed by atoms with Crippen molar-refractivity contribution >= 4 is 23.2 Å². The second kappa shape index (κ2) is 5.09. The Hall–Kier alpha value is -2.14. The fourth-order valence-corrected chi connectivity index (χ4v) is 2.38. The molecule has 0 N–H and O–H groups in total. The Bertz CT molecular complexity index is 655. The van der Waals surface area contributed by atoms with Crippen molar-refractivity contribution in [3.05, 3.63) is 47.0 Å². The van der Waals surface area contributed by atoms with E-state index in [2.05, 4.69) is 9.97 Å². The van der Waals surface area contributed by atoms with E-state index >= 15 is 0 Å². The van der Waals surface area contributed by atoms with Crippen LogP contribution in [0.4, 0.5) is 5.69 Å². The Kier molecular flexibility index (Phi) is 3.28. The van der Waals surface area contributed by atoms with Gasteiger partial charge in [0.15, 0.2) is 6.61 Å². The van der Waals surface area contributed by atoms with E-state index in [-0.39, 0.29) is 19.1 Å². The summed E-state index contributed by atoms with van der Waals surface area (Å²) in [4.78, 5) is 22.1. The fourth-order valence-electron chi connectivity index (χ4n) is 2.13. The first-order chi connectivity index (χ1) is 9.63. The summed E-state index contributed by atoms with van der Waals surface area (Å²) in [7, 11) is 0. The smallest absolute Gasteiger partial charge is 0.265 e. The number of para-hydroxylation sites is 2. The fraction of sp³-hybridized carbons (Fsp3) is 0.214. The largest absolute Gasteiger partial charge is 0.482 e. The molecule has 6 heteroatoms. The molecule has 0 aliphatic carbocycles. The highest BCUT2D eigenvalue weighted by Gasteiger charge is 2.26. The number of anilines is 1. The summed E-state index contributed by atoms with van der Waals surface area (Å²) in [6.07, 6.45) is 0. The molecule has 1 amide bonds. The van der Waals surface area contributed by atoms with E-state index in [1.54, 1.807) is 11.0 Å². The molecule has 0 bridgehead atoms. The predicted octanol–water partition coefficient (Wildman–Crippen LogP) is 2.36. The first-order valence-electron chi connectivity index (χ1n) is 6.16. The third-order valence-electron chi connectivity index (χ3n) is 2.98. The van der Waals surface area contributed by atoms with E-state index in [1.807, 2.05) is 31.2 Å². The molecule has 2 aromatic rings. The van der Waals surface area contributed by atoms with Gasteiger partial charge in [-0.05, 0) is 25.1 Å². The number of rotatable bonds is 2. The van der Waals surface area contributed by atoms with Crippen LogP contribution in [0.5, 0.6) is 5.75 Å². The van der Waals surface area contributed by atoms with Gasteiger partial charge >= 0.3 is 0 Å². The molecule has 5 nitrogen and oxygen atoms in total. The Labute approximate surface area is 121 Å². The molecular weight excluding hydrogens is 278 g/mol. The van der Waals surface area contributed by atoms with E-state index < -0.39 is 0 Å². The molecule has 0 spiro atoms. The summed E-state index contributed by atoms with van der Waals surface area (Å²) in [5.41, 5.74) is 1.50. The van der Waals surface area contributed by atoms with Crippen LogP contribution in [0.2, 0.25) is 5.15 Å². The Morgan fingerprint density at radius 3 is 2.95 bits per heavy atom. The number of amides is 1. The molecule has 0 unspecified atom stereocenters. The number of hydrogen-bond acceptors (Lipinski definition) is 4. The number of aromatic nitrogens is 2. The summed E-state index contributed by atoms with van der Waals surface area (Å²) in [6.45, 7) is 2.14. The van der Waals surface area contributed by atoms with Crippen molar-refractivity contribution in [3.63, 3.8) is 0 Å². The lowest BCUT2D eigenvalue weighted by molar-refractivity contribution is -0.121. The number of halogens is 1. The summed E-state index contributed by atoms with van der Waals surface area (Å²) in [5, 5.41) is 0.376. The lowest BCUT2D eigenvalue weighted by Crippen LogP contribution is -2.38. The first kappa shape index (κ1) is 12.9. The van der Waals surface area contributed by atoms with Gasteiger partial charge in [-0.1, -0.05) is 23.7 Å². The maximum atomic E-state index is 12.0. The van der Waals surface area contributed by atoms with Crippen LogP contribution >= 0.6 is 11.6 Å². The zero-order valence-corrected chi connectivity index (χ0v) is 11.6. The standard InChI is InChI=1S/C14H12ClN3O2/c1-9-6-12(15)17-13(16-9)7-18-10-4-2-3-5-11(10)20-8-14(18)19/h2-6H,7-8H2,1H3. The highest BCUT2D eigenvalue weighted by atomic mass is 35.5. The van der Waals surface area contributed by atoms with Gasteiger partial charge in [0, 0.05) is 5.69 Å². The second-order valence-corrected chi connectivity index (χ2v) is 4.87. The van der Waals surface area contributed by atoms with Crippen molar-refractivity contribution in [2.75, 3.05) is 11.5 Å². The summed E-state index contributed by atoms with van der Waals surface area (Å²) >= 11 is 5.93. The van der Waals surface area contributed by atoms with Crippen molar-refractivity contribution < 1.29 is 9.53 Å². The molecule has 20 heavy (non-hydrogen) atoms. The van der Waals surface area contributed by atoms with Crippen LogP contribution < -0.4 is 9.64 Å². The van der Waals surface area contributed by atoms with Gasteiger partial charge in [0.1, 0.15) is 16.7 Å². The maximum absolute atomic E-state index is 12.0. The van der Waals surface area contributed by atoms with Gasteiger partial charge < -0.3 is 4.74 Å². The highest BCUT2D eigenvalue weighted by Crippen LogP contribution is 2.32. The van der Waals surface area contributed by atoms with E-state index in [9.17, 15) is 4.79 Å². The number of ether oxygens (including phenoxy) is 1. The minimum absolute atomic E-state index is 0.0244. The number of fused-ring (bicyclic) bond motifs is 1. The minimum atomic E-state index is -0.120. The molecule has 102 valence electrons. The van der Waals surface area contributed by atoms with Crippen LogP contribution in [-0.2, 0) is 11.3 Å². The van der Waals surface area contributed by atoms with Crippen molar-refractivity contribution in [1.29, 1.82) is 0 Å². The molecular formula is C14H12ClN3O2. The number of carbonyl (C=O) groups excluding carboxylic acids is 1. The van der Waals surface area contributed by atoms with Gasteiger partial charge in [-0.15, -0.1) is 0 Å². The van der Waals surface area contributed by atoms with Crippen molar-refractivity contribution in [3.8, 4) is 5.75 Å². The monoisotopic (exact) mass is 289 g/mol. The Balaban J connectivity index is 1.95. The first-order valence-corrected chi connectivity index (χ1v) is 6.53. The number of aryl methyl sites for hydroxylation is 1. The molecule has 3 rings (SSSR count). The second-order valence-electron chi connectivity index (χ2n) is 4.48. The zero-order valence-electron chi connectivity index (χ0n) is 10.8. The maximum Gasteiger partial charge on any atom is 0.265 e. The third-order valence-corrected chi connectivity index (χ3v) is 3.17. The van der Waals surface area contributed by atoms with Crippen LogP contribution in [-0.4, -0.2) is 22.5 Å². The Morgan fingerprint density at radius 1 is 1.35 bits per heavy atom. The van der Waals surface area contributed by atoms with Crippen molar-refractivity contribution in [2.24, 2.45) is 0 Å². The van der Waals surface area contributed by atoms with Gasteiger partial charge in [-0.3, -0.25) is 9.69 Å². The third kappa shape index (κ3) is 2.44. The average Bonchev–Trinajstić information content (AvgIpc) is 2.41. The van der Waals surface area contributed by atoms with Gasteiger partial charge in [0.2, 0.25) is 0 Å². The quantitative estimate of drug-likeness (QED) is 0.797. The van der Waals surface area contributed by atoms with Crippen LogP contribution in [0.3, 0.4) is 0 Å². The van der Waals surface area contributed by atoms with E-state index in [1.165, 1.54) is 0 Å². The molecule has 0 saturated heterocycles. The van der Waals surface area contributed by atoms with Gasteiger partial charge in [0.25, 0.3) is 5.91 Å². The molecule has 1 aliphatic heterocycles. The van der Waals surface area contributed by atoms with Gasteiger partial charge in [0.05, 0.1) is 12.2 Å². The highest BCUT2D eigenvalue weighted by molar-refractivity contribution is 6.29. The summed E-state index contributed by atoms with van der Waals surface area (Å²) in [5.74, 6) is 1.08. The lowest BCUT2D eigenvalue weighted by Gasteiger charge is -2.28. The topological polar surface area (TPSA) is 55.3 Å². The number of nitrogens with zero attached hydrogens (tertiary/aromatic N) is 3. The van der Waals surface area contributed by atoms with E-state index in [4.69, 9.17) is 16.3 Å². The summed E-state index contributed by atoms with van der Waals surface area (Å²) < 4.78 is 5.39. The van der Waals surface area contributed by atoms with Gasteiger partial charge in [-0.25, -0.2) is 9.97 Å². The SMILES string of the molecule is Cc1cc(Cl)nc(CN2C(=O)COc3ccccc32)n1. The zero-order chi connectivity index (χ0) is 14.1.